The van der Waals surface area contributed by atoms with Crippen LogP contribution in [0, 0.1) is 0 Å². The van der Waals surface area contributed by atoms with Crippen LogP contribution in [0.25, 0.3) is 0 Å². The number of carbonyl (C=O) groups is 2. The Hall–Kier alpha value is -2.57. The molecule has 6 nitrogen and oxygen atoms in total. The zero-order valence-corrected chi connectivity index (χ0v) is 18.6. The fourth-order valence-electron chi connectivity index (χ4n) is 4.30. The minimum atomic E-state index is -0.0299. The SMILES string of the molecule is COc1ccc(CN2CCCN(C(=O)c3ccc(Cl)cc3N3CCCC3=O)CC2)cc1. The van der Waals surface area contributed by atoms with Gasteiger partial charge in [-0.05, 0) is 48.7 Å². The Balaban J connectivity index is 1.44. The Morgan fingerprint density at radius 3 is 2.52 bits per heavy atom. The standard InChI is InChI=1S/C24H28ClN3O3/c1-31-20-8-5-18(6-9-20)17-26-11-3-12-27(15-14-26)24(30)21-10-7-19(25)16-22(21)28-13-2-4-23(28)29/h5-10,16H,2-4,11-15,17H2,1H3. The molecule has 0 spiro atoms. The van der Waals surface area contributed by atoms with E-state index in [2.05, 4.69) is 17.0 Å². The Bertz CT molecular complexity index is 948. The molecule has 2 heterocycles. The quantitative estimate of drug-likeness (QED) is 0.707. The molecule has 0 unspecified atom stereocenters. The lowest BCUT2D eigenvalue weighted by atomic mass is 10.1. The van der Waals surface area contributed by atoms with Crippen LogP contribution in [-0.4, -0.2) is 61.4 Å². The second kappa shape index (κ2) is 9.71. The second-order valence-electron chi connectivity index (χ2n) is 8.08. The van der Waals surface area contributed by atoms with E-state index in [-0.39, 0.29) is 11.8 Å². The third kappa shape index (κ3) is 5.02. The van der Waals surface area contributed by atoms with Crippen LogP contribution >= 0.6 is 11.6 Å². The van der Waals surface area contributed by atoms with E-state index in [1.165, 1.54) is 5.56 Å². The fourth-order valence-corrected chi connectivity index (χ4v) is 4.47. The van der Waals surface area contributed by atoms with Crippen molar-refractivity contribution in [2.24, 2.45) is 0 Å². The van der Waals surface area contributed by atoms with Crippen molar-refractivity contribution >= 4 is 29.1 Å². The molecule has 2 saturated heterocycles. The Morgan fingerprint density at radius 1 is 1.00 bits per heavy atom. The minimum absolute atomic E-state index is 0.0299. The van der Waals surface area contributed by atoms with Gasteiger partial charge in [-0.25, -0.2) is 0 Å². The van der Waals surface area contributed by atoms with Gasteiger partial charge in [0.2, 0.25) is 5.91 Å². The third-order valence-corrected chi connectivity index (χ3v) is 6.23. The van der Waals surface area contributed by atoms with Crippen molar-refractivity contribution in [2.45, 2.75) is 25.8 Å². The molecule has 2 fully saturated rings. The van der Waals surface area contributed by atoms with Crippen LogP contribution in [0.1, 0.15) is 35.2 Å². The summed E-state index contributed by atoms with van der Waals surface area (Å²) in [4.78, 5) is 31.7. The summed E-state index contributed by atoms with van der Waals surface area (Å²) in [6, 6.07) is 13.3. The molecule has 0 atom stereocenters. The molecular weight excluding hydrogens is 414 g/mol. The van der Waals surface area contributed by atoms with Gasteiger partial charge in [0.1, 0.15) is 5.75 Å². The number of methoxy groups -OCH3 is 1. The molecule has 0 radical (unpaired) electrons. The minimum Gasteiger partial charge on any atom is -0.497 e. The van der Waals surface area contributed by atoms with Gasteiger partial charge in [0.15, 0.2) is 0 Å². The van der Waals surface area contributed by atoms with Gasteiger partial charge in [-0.1, -0.05) is 23.7 Å². The zero-order valence-electron chi connectivity index (χ0n) is 17.8. The number of carbonyl (C=O) groups excluding carboxylic acids is 2. The van der Waals surface area contributed by atoms with Crippen LogP contribution in [0.4, 0.5) is 5.69 Å². The summed E-state index contributed by atoms with van der Waals surface area (Å²) in [5, 5.41) is 0.535. The predicted octanol–water partition coefficient (Wildman–Crippen LogP) is 3.82. The third-order valence-electron chi connectivity index (χ3n) is 6.00. The zero-order chi connectivity index (χ0) is 21.8. The largest absolute Gasteiger partial charge is 0.497 e. The first-order chi connectivity index (χ1) is 15.0. The molecule has 31 heavy (non-hydrogen) atoms. The van der Waals surface area contributed by atoms with E-state index in [0.717, 1.165) is 38.2 Å². The van der Waals surface area contributed by atoms with E-state index in [1.54, 1.807) is 30.2 Å². The van der Waals surface area contributed by atoms with Crippen molar-refractivity contribution in [1.82, 2.24) is 9.80 Å². The summed E-state index contributed by atoms with van der Waals surface area (Å²) in [6.07, 6.45) is 2.24. The Morgan fingerprint density at radius 2 is 1.81 bits per heavy atom. The Labute approximate surface area is 188 Å². The van der Waals surface area contributed by atoms with E-state index < -0.39 is 0 Å². The summed E-state index contributed by atoms with van der Waals surface area (Å²) >= 11 is 6.20. The number of amides is 2. The van der Waals surface area contributed by atoms with Crippen molar-refractivity contribution in [3.8, 4) is 5.75 Å². The van der Waals surface area contributed by atoms with Crippen molar-refractivity contribution in [1.29, 1.82) is 0 Å². The number of hydrogen-bond donors (Lipinski definition) is 0. The van der Waals surface area contributed by atoms with Crippen LogP contribution in [0.5, 0.6) is 5.75 Å². The number of hydrogen-bond acceptors (Lipinski definition) is 4. The molecule has 2 aromatic rings. The molecule has 7 heteroatoms. The van der Waals surface area contributed by atoms with E-state index in [4.69, 9.17) is 16.3 Å². The molecule has 4 rings (SSSR count). The average molecular weight is 442 g/mol. The van der Waals surface area contributed by atoms with Gasteiger partial charge in [0.25, 0.3) is 5.91 Å². The van der Waals surface area contributed by atoms with Gasteiger partial charge in [-0.15, -0.1) is 0 Å². The lowest BCUT2D eigenvalue weighted by molar-refractivity contribution is -0.117. The molecule has 0 aliphatic carbocycles. The first kappa shape index (κ1) is 21.7. The smallest absolute Gasteiger partial charge is 0.256 e. The van der Waals surface area contributed by atoms with E-state index in [0.29, 0.717) is 42.3 Å². The van der Waals surface area contributed by atoms with Gasteiger partial charge in [-0.2, -0.15) is 0 Å². The number of ether oxygens (including phenoxy) is 1. The van der Waals surface area contributed by atoms with Crippen molar-refractivity contribution in [3.63, 3.8) is 0 Å². The molecular formula is C24H28ClN3O3. The van der Waals surface area contributed by atoms with Crippen molar-refractivity contribution in [3.05, 3.63) is 58.6 Å². The summed E-state index contributed by atoms with van der Waals surface area (Å²) in [7, 11) is 1.67. The highest BCUT2D eigenvalue weighted by Gasteiger charge is 2.28. The molecule has 164 valence electrons. The lowest BCUT2D eigenvalue weighted by Crippen LogP contribution is -2.36. The monoisotopic (exact) mass is 441 g/mol. The number of anilines is 1. The first-order valence-corrected chi connectivity index (χ1v) is 11.2. The number of nitrogens with zero attached hydrogens (tertiary/aromatic N) is 3. The number of halogens is 1. The van der Waals surface area contributed by atoms with Crippen LogP contribution in [0.15, 0.2) is 42.5 Å². The molecule has 2 aliphatic heterocycles. The molecule has 2 aromatic carbocycles. The summed E-state index contributed by atoms with van der Waals surface area (Å²) in [5.74, 6) is 0.877. The van der Waals surface area contributed by atoms with Crippen LogP contribution < -0.4 is 9.64 Å². The lowest BCUT2D eigenvalue weighted by Gasteiger charge is -2.25. The van der Waals surface area contributed by atoms with E-state index in [1.807, 2.05) is 17.0 Å². The number of benzene rings is 2. The van der Waals surface area contributed by atoms with Crippen molar-refractivity contribution in [2.75, 3.05) is 44.7 Å². The number of rotatable bonds is 5. The average Bonchev–Trinajstić information content (AvgIpc) is 3.07. The van der Waals surface area contributed by atoms with Gasteiger partial charge in [0, 0.05) is 50.7 Å². The summed E-state index contributed by atoms with van der Waals surface area (Å²) in [5.41, 5.74) is 2.43. The maximum atomic E-state index is 13.4. The fraction of sp³-hybridized carbons (Fsp3) is 0.417. The van der Waals surface area contributed by atoms with E-state index in [9.17, 15) is 9.59 Å². The Kier molecular flexibility index (Phi) is 6.78. The normalized spacial score (nSPS) is 17.7. The highest BCUT2D eigenvalue weighted by Crippen LogP contribution is 2.30. The molecule has 2 amide bonds. The highest BCUT2D eigenvalue weighted by atomic mass is 35.5. The van der Waals surface area contributed by atoms with Crippen LogP contribution in [0.2, 0.25) is 5.02 Å². The maximum absolute atomic E-state index is 13.4. The van der Waals surface area contributed by atoms with Crippen molar-refractivity contribution < 1.29 is 14.3 Å². The maximum Gasteiger partial charge on any atom is 0.256 e. The highest BCUT2D eigenvalue weighted by molar-refractivity contribution is 6.31. The predicted molar refractivity (Wildman–Crippen MR) is 122 cm³/mol. The van der Waals surface area contributed by atoms with Gasteiger partial charge in [0.05, 0.1) is 18.4 Å². The molecule has 0 N–H and O–H groups in total. The van der Waals surface area contributed by atoms with E-state index >= 15 is 0 Å². The van der Waals surface area contributed by atoms with Gasteiger partial charge in [-0.3, -0.25) is 14.5 Å². The van der Waals surface area contributed by atoms with Crippen LogP contribution in [-0.2, 0) is 11.3 Å². The summed E-state index contributed by atoms with van der Waals surface area (Å²) < 4.78 is 5.23. The molecule has 0 bridgehead atoms. The molecule has 0 saturated carbocycles. The first-order valence-electron chi connectivity index (χ1n) is 10.8. The van der Waals surface area contributed by atoms with Gasteiger partial charge < -0.3 is 14.5 Å². The topological polar surface area (TPSA) is 53.1 Å². The summed E-state index contributed by atoms with van der Waals surface area (Å²) in [6.45, 7) is 4.59. The second-order valence-corrected chi connectivity index (χ2v) is 8.52. The van der Waals surface area contributed by atoms with Gasteiger partial charge >= 0.3 is 0 Å². The van der Waals surface area contributed by atoms with Crippen LogP contribution in [0.3, 0.4) is 0 Å². The molecule has 0 aromatic heterocycles. The molecule has 2 aliphatic rings.